The molecule has 1 heterocycles. The first-order valence-electron chi connectivity index (χ1n) is 8.08. The maximum Gasteiger partial charge on any atom is 0.241 e. The molecule has 1 unspecified atom stereocenters. The first-order valence-corrected chi connectivity index (χ1v) is 8.46. The van der Waals surface area contributed by atoms with Crippen LogP contribution in [0.4, 0.5) is 10.1 Å². The third-order valence-corrected chi connectivity index (χ3v) is 4.64. The summed E-state index contributed by atoms with van der Waals surface area (Å²) in [7, 11) is 0. The molecule has 2 aromatic rings. The Kier molecular flexibility index (Phi) is 5.17. The molecule has 0 aliphatic carbocycles. The van der Waals surface area contributed by atoms with Gasteiger partial charge in [-0.3, -0.25) is 4.79 Å². The minimum absolute atomic E-state index is 0.209. The number of hydrogen-bond donors (Lipinski definition) is 2. The summed E-state index contributed by atoms with van der Waals surface area (Å²) in [5, 5.41) is 6.43. The standard InChI is InChI=1S/C19H20ClFN2O/c1-12-4-2-3-5-15(12)16-7-6-14(11-17(16)20)23-19(24)18-10-13(21)8-9-22-18/h2-7,11,13,18,22H,8-10H2,1H3,(H,23,24)/t13-,18?/m1/s1. The molecular weight excluding hydrogens is 327 g/mol. The summed E-state index contributed by atoms with van der Waals surface area (Å²) in [6.45, 7) is 2.55. The van der Waals surface area contributed by atoms with E-state index in [4.69, 9.17) is 11.6 Å². The van der Waals surface area contributed by atoms with Gasteiger partial charge in [0.25, 0.3) is 0 Å². The van der Waals surface area contributed by atoms with Gasteiger partial charge < -0.3 is 10.6 Å². The van der Waals surface area contributed by atoms with Crippen LogP contribution in [0.5, 0.6) is 0 Å². The fourth-order valence-corrected chi connectivity index (χ4v) is 3.27. The Labute approximate surface area is 146 Å². The van der Waals surface area contributed by atoms with Gasteiger partial charge in [-0.25, -0.2) is 4.39 Å². The first-order chi connectivity index (χ1) is 11.5. The van der Waals surface area contributed by atoms with Gasteiger partial charge in [-0.1, -0.05) is 41.9 Å². The van der Waals surface area contributed by atoms with Crippen molar-refractivity contribution in [1.29, 1.82) is 0 Å². The van der Waals surface area contributed by atoms with E-state index in [0.717, 1.165) is 16.7 Å². The molecule has 1 saturated heterocycles. The zero-order chi connectivity index (χ0) is 17.1. The lowest BCUT2D eigenvalue weighted by Gasteiger charge is -2.25. The second kappa shape index (κ2) is 7.32. The molecule has 0 bridgehead atoms. The molecule has 3 nitrogen and oxygen atoms in total. The quantitative estimate of drug-likeness (QED) is 0.867. The lowest BCUT2D eigenvalue weighted by molar-refractivity contribution is -0.119. The van der Waals surface area contributed by atoms with E-state index >= 15 is 0 Å². The van der Waals surface area contributed by atoms with Crippen molar-refractivity contribution in [3.05, 3.63) is 53.1 Å². The van der Waals surface area contributed by atoms with Crippen LogP contribution >= 0.6 is 11.6 Å². The molecular formula is C19H20ClFN2O. The predicted octanol–water partition coefficient (Wildman–Crippen LogP) is 4.34. The maximum absolute atomic E-state index is 13.4. The number of piperidine rings is 1. The topological polar surface area (TPSA) is 41.1 Å². The monoisotopic (exact) mass is 346 g/mol. The van der Waals surface area contributed by atoms with E-state index in [2.05, 4.69) is 10.6 Å². The third kappa shape index (κ3) is 3.77. The minimum Gasteiger partial charge on any atom is -0.325 e. The highest BCUT2D eigenvalue weighted by molar-refractivity contribution is 6.33. The fraction of sp³-hybridized carbons (Fsp3) is 0.316. The van der Waals surface area contributed by atoms with Gasteiger partial charge in [-0.2, -0.15) is 0 Å². The maximum atomic E-state index is 13.4. The Morgan fingerprint density at radius 2 is 2.04 bits per heavy atom. The highest BCUT2D eigenvalue weighted by Gasteiger charge is 2.26. The molecule has 1 aliphatic heterocycles. The highest BCUT2D eigenvalue weighted by atomic mass is 35.5. The molecule has 1 aliphatic rings. The van der Waals surface area contributed by atoms with E-state index < -0.39 is 12.2 Å². The van der Waals surface area contributed by atoms with Crippen LogP contribution in [0, 0.1) is 6.92 Å². The number of carbonyl (C=O) groups excluding carboxylic acids is 1. The van der Waals surface area contributed by atoms with Gasteiger partial charge >= 0.3 is 0 Å². The summed E-state index contributed by atoms with van der Waals surface area (Å²) in [6.07, 6.45) is -0.254. The summed E-state index contributed by atoms with van der Waals surface area (Å²) in [4.78, 5) is 12.3. The van der Waals surface area contributed by atoms with E-state index in [-0.39, 0.29) is 12.3 Å². The molecule has 24 heavy (non-hydrogen) atoms. The lowest BCUT2D eigenvalue weighted by atomic mass is 10.00. The number of hydrogen-bond acceptors (Lipinski definition) is 2. The smallest absolute Gasteiger partial charge is 0.241 e. The molecule has 0 aromatic heterocycles. The van der Waals surface area contributed by atoms with Gasteiger partial charge in [0, 0.05) is 17.7 Å². The number of halogens is 2. The number of amides is 1. The Hall–Kier alpha value is -1.91. The number of benzene rings is 2. The molecule has 2 aromatic carbocycles. The Morgan fingerprint density at radius 3 is 2.75 bits per heavy atom. The SMILES string of the molecule is Cc1ccccc1-c1ccc(NC(=O)C2C[C@H](F)CCN2)cc1Cl. The number of alkyl halides is 1. The van der Waals surface area contributed by atoms with E-state index in [1.807, 2.05) is 43.3 Å². The van der Waals surface area contributed by atoms with E-state index in [1.165, 1.54) is 0 Å². The second-order valence-corrected chi connectivity index (χ2v) is 6.53. The number of nitrogens with one attached hydrogen (secondary N) is 2. The number of carbonyl (C=O) groups is 1. The van der Waals surface area contributed by atoms with Crippen molar-refractivity contribution >= 4 is 23.2 Å². The minimum atomic E-state index is -0.922. The van der Waals surface area contributed by atoms with Gasteiger partial charge in [-0.05, 0) is 43.1 Å². The summed E-state index contributed by atoms with van der Waals surface area (Å²) in [6, 6.07) is 13.0. The van der Waals surface area contributed by atoms with Crippen LogP contribution in [-0.2, 0) is 4.79 Å². The number of anilines is 1. The van der Waals surface area contributed by atoms with Crippen molar-refractivity contribution in [2.45, 2.75) is 32.0 Å². The molecule has 0 radical (unpaired) electrons. The van der Waals surface area contributed by atoms with Crippen LogP contribution in [0.2, 0.25) is 5.02 Å². The average Bonchev–Trinajstić information content (AvgIpc) is 2.56. The van der Waals surface area contributed by atoms with Gasteiger partial charge in [-0.15, -0.1) is 0 Å². The molecule has 2 atom stereocenters. The fourth-order valence-electron chi connectivity index (χ4n) is 2.99. The van der Waals surface area contributed by atoms with Crippen LogP contribution in [-0.4, -0.2) is 24.7 Å². The van der Waals surface area contributed by atoms with Crippen molar-refractivity contribution in [3.63, 3.8) is 0 Å². The van der Waals surface area contributed by atoms with Crippen molar-refractivity contribution in [1.82, 2.24) is 5.32 Å². The van der Waals surface area contributed by atoms with Crippen LogP contribution in [0.1, 0.15) is 18.4 Å². The molecule has 126 valence electrons. The van der Waals surface area contributed by atoms with Gasteiger partial charge in [0.1, 0.15) is 6.17 Å². The second-order valence-electron chi connectivity index (χ2n) is 6.13. The summed E-state index contributed by atoms with van der Waals surface area (Å²) < 4.78 is 13.4. The molecule has 5 heteroatoms. The summed E-state index contributed by atoms with van der Waals surface area (Å²) in [5.74, 6) is -0.225. The van der Waals surface area contributed by atoms with Crippen LogP contribution < -0.4 is 10.6 Å². The van der Waals surface area contributed by atoms with Crippen molar-refractivity contribution in [2.75, 3.05) is 11.9 Å². The van der Waals surface area contributed by atoms with Gasteiger partial charge in [0.15, 0.2) is 0 Å². The molecule has 0 spiro atoms. The van der Waals surface area contributed by atoms with Crippen molar-refractivity contribution in [2.24, 2.45) is 0 Å². The molecule has 1 amide bonds. The molecule has 1 fully saturated rings. The van der Waals surface area contributed by atoms with E-state index in [0.29, 0.717) is 23.7 Å². The lowest BCUT2D eigenvalue weighted by Crippen LogP contribution is -2.46. The Morgan fingerprint density at radius 1 is 1.25 bits per heavy atom. The Bertz CT molecular complexity index is 750. The van der Waals surface area contributed by atoms with Gasteiger partial charge in [0.2, 0.25) is 5.91 Å². The molecule has 0 saturated carbocycles. The van der Waals surface area contributed by atoms with Crippen LogP contribution in [0.15, 0.2) is 42.5 Å². The van der Waals surface area contributed by atoms with Crippen LogP contribution in [0.3, 0.4) is 0 Å². The zero-order valence-corrected chi connectivity index (χ0v) is 14.2. The third-order valence-electron chi connectivity index (χ3n) is 4.33. The van der Waals surface area contributed by atoms with Gasteiger partial charge in [0.05, 0.1) is 11.1 Å². The normalized spacial score (nSPS) is 20.6. The van der Waals surface area contributed by atoms with Crippen LogP contribution in [0.25, 0.3) is 11.1 Å². The van der Waals surface area contributed by atoms with Crippen molar-refractivity contribution in [3.8, 4) is 11.1 Å². The van der Waals surface area contributed by atoms with Crippen molar-refractivity contribution < 1.29 is 9.18 Å². The molecule has 3 rings (SSSR count). The van der Waals surface area contributed by atoms with E-state index in [1.54, 1.807) is 6.07 Å². The summed E-state index contributed by atoms with van der Waals surface area (Å²) >= 11 is 6.40. The highest BCUT2D eigenvalue weighted by Crippen LogP contribution is 2.32. The number of rotatable bonds is 3. The zero-order valence-electron chi connectivity index (χ0n) is 13.5. The number of aryl methyl sites for hydroxylation is 1. The first kappa shape index (κ1) is 16.9. The predicted molar refractivity (Wildman–Crippen MR) is 96.2 cm³/mol. The average molecular weight is 347 g/mol. The Balaban J connectivity index is 1.75. The van der Waals surface area contributed by atoms with E-state index in [9.17, 15) is 9.18 Å². The largest absolute Gasteiger partial charge is 0.325 e. The molecule has 2 N–H and O–H groups in total. The summed E-state index contributed by atoms with van der Waals surface area (Å²) in [5.41, 5.74) is 3.74.